The van der Waals surface area contributed by atoms with Gasteiger partial charge in [-0.3, -0.25) is 0 Å². The molecule has 1 unspecified atom stereocenters. The molecule has 5 nitrogen and oxygen atoms in total. The number of aromatic nitrogens is 3. The highest BCUT2D eigenvalue weighted by atomic mass is 19.1. The van der Waals surface area contributed by atoms with Crippen molar-refractivity contribution in [2.45, 2.75) is 18.9 Å². The molecule has 3 aromatic rings. The molecule has 0 saturated heterocycles. The van der Waals surface area contributed by atoms with Crippen molar-refractivity contribution in [1.29, 1.82) is 0 Å². The monoisotopic (exact) mass is 298 g/mol. The quantitative estimate of drug-likeness (QED) is 0.779. The largest absolute Gasteiger partial charge is 0.494 e. The molecule has 2 N–H and O–H groups in total. The van der Waals surface area contributed by atoms with Crippen LogP contribution in [0, 0.1) is 5.82 Å². The molecule has 0 spiro atoms. The summed E-state index contributed by atoms with van der Waals surface area (Å²) in [7, 11) is 1.48. The van der Waals surface area contributed by atoms with Gasteiger partial charge in [0.1, 0.15) is 17.8 Å². The van der Waals surface area contributed by atoms with E-state index in [1.54, 1.807) is 12.1 Å². The first-order chi connectivity index (χ1) is 10.8. The Morgan fingerprint density at radius 2 is 2.27 bits per heavy atom. The van der Waals surface area contributed by atoms with E-state index in [1.807, 2.05) is 12.3 Å². The zero-order chi connectivity index (χ0) is 15.1. The van der Waals surface area contributed by atoms with Gasteiger partial charge in [-0.25, -0.2) is 14.4 Å². The Hall–Kier alpha value is -2.63. The number of anilines is 1. The van der Waals surface area contributed by atoms with Crippen LogP contribution in [0.1, 0.15) is 23.6 Å². The van der Waals surface area contributed by atoms with Gasteiger partial charge in [0.25, 0.3) is 0 Å². The van der Waals surface area contributed by atoms with E-state index in [2.05, 4.69) is 20.3 Å². The molecule has 0 radical (unpaired) electrons. The molecule has 0 aliphatic heterocycles. The fourth-order valence-electron chi connectivity index (χ4n) is 3.07. The van der Waals surface area contributed by atoms with Gasteiger partial charge in [0.2, 0.25) is 0 Å². The molecule has 2 aromatic heterocycles. The minimum atomic E-state index is -0.308. The van der Waals surface area contributed by atoms with Crippen LogP contribution >= 0.6 is 0 Å². The molecule has 1 aliphatic rings. The van der Waals surface area contributed by atoms with E-state index in [1.165, 1.54) is 13.4 Å². The lowest BCUT2D eigenvalue weighted by Gasteiger charge is -2.16. The summed E-state index contributed by atoms with van der Waals surface area (Å²) < 4.78 is 18.9. The number of aromatic amines is 1. The second kappa shape index (κ2) is 4.98. The zero-order valence-corrected chi connectivity index (χ0v) is 12.1. The number of H-pyrrole nitrogens is 1. The summed E-state index contributed by atoms with van der Waals surface area (Å²) in [5, 5.41) is 4.40. The molecule has 6 heteroatoms. The molecule has 0 amide bonds. The first-order valence-electron chi connectivity index (χ1n) is 7.17. The molecule has 0 fully saturated rings. The SMILES string of the molecule is COc1cc2c(cc1F)CCC2Nc1ncnc2[nH]ccc12. The molecular weight excluding hydrogens is 283 g/mol. The molecule has 112 valence electrons. The predicted octanol–water partition coefficient (Wildman–Crippen LogP) is 3.21. The number of halogens is 1. The Balaban J connectivity index is 1.71. The molecule has 0 saturated carbocycles. The summed E-state index contributed by atoms with van der Waals surface area (Å²) >= 11 is 0. The third kappa shape index (κ3) is 1.99. The van der Waals surface area contributed by atoms with Crippen molar-refractivity contribution < 1.29 is 9.13 Å². The third-order valence-electron chi connectivity index (χ3n) is 4.16. The van der Waals surface area contributed by atoms with Crippen LogP contribution in [0.4, 0.5) is 10.2 Å². The fourth-order valence-corrected chi connectivity index (χ4v) is 3.07. The van der Waals surface area contributed by atoms with Gasteiger partial charge in [0.05, 0.1) is 18.5 Å². The van der Waals surface area contributed by atoms with Crippen LogP contribution in [0.2, 0.25) is 0 Å². The van der Waals surface area contributed by atoms with E-state index in [-0.39, 0.29) is 17.6 Å². The maximum Gasteiger partial charge on any atom is 0.165 e. The average molecular weight is 298 g/mol. The van der Waals surface area contributed by atoms with Crippen molar-refractivity contribution in [3.8, 4) is 5.75 Å². The summed E-state index contributed by atoms with van der Waals surface area (Å²) in [5.74, 6) is 0.756. The number of hydrogen-bond donors (Lipinski definition) is 2. The number of hydrogen-bond acceptors (Lipinski definition) is 4. The van der Waals surface area contributed by atoms with Crippen molar-refractivity contribution in [1.82, 2.24) is 15.0 Å². The van der Waals surface area contributed by atoms with Gasteiger partial charge >= 0.3 is 0 Å². The highest BCUT2D eigenvalue weighted by Gasteiger charge is 2.25. The van der Waals surface area contributed by atoms with Crippen LogP contribution in [0.25, 0.3) is 11.0 Å². The van der Waals surface area contributed by atoms with Crippen LogP contribution in [0.3, 0.4) is 0 Å². The number of methoxy groups -OCH3 is 1. The average Bonchev–Trinajstić information content (AvgIpc) is 3.14. The van der Waals surface area contributed by atoms with Crippen molar-refractivity contribution in [3.63, 3.8) is 0 Å². The Morgan fingerprint density at radius 1 is 1.36 bits per heavy atom. The maximum atomic E-state index is 13.8. The van der Waals surface area contributed by atoms with E-state index in [0.717, 1.165) is 40.8 Å². The van der Waals surface area contributed by atoms with E-state index in [0.29, 0.717) is 0 Å². The summed E-state index contributed by atoms with van der Waals surface area (Å²) in [5.41, 5.74) is 2.89. The van der Waals surface area contributed by atoms with E-state index in [9.17, 15) is 4.39 Å². The number of rotatable bonds is 3. The van der Waals surface area contributed by atoms with Crippen LogP contribution in [0.5, 0.6) is 5.75 Å². The predicted molar refractivity (Wildman–Crippen MR) is 81.5 cm³/mol. The van der Waals surface area contributed by atoms with Crippen LogP contribution in [0.15, 0.2) is 30.7 Å². The smallest absolute Gasteiger partial charge is 0.165 e. The van der Waals surface area contributed by atoms with Gasteiger partial charge in [-0.15, -0.1) is 0 Å². The zero-order valence-electron chi connectivity index (χ0n) is 12.1. The number of ether oxygens (including phenoxy) is 1. The van der Waals surface area contributed by atoms with Crippen LogP contribution in [-0.2, 0) is 6.42 Å². The fraction of sp³-hybridized carbons (Fsp3) is 0.250. The Bertz CT molecular complexity index is 845. The van der Waals surface area contributed by atoms with Gasteiger partial charge in [-0.2, -0.15) is 0 Å². The molecule has 22 heavy (non-hydrogen) atoms. The highest BCUT2D eigenvalue weighted by molar-refractivity contribution is 5.86. The first-order valence-corrected chi connectivity index (χ1v) is 7.17. The minimum Gasteiger partial charge on any atom is -0.494 e. The lowest BCUT2D eigenvalue weighted by Crippen LogP contribution is -2.09. The van der Waals surface area contributed by atoms with Crippen molar-refractivity contribution in [2.75, 3.05) is 12.4 Å². The lowest BCUT2D eigenvalue weighted by molar-refractivity contribution is 0.385. The molecule has 4 rings (SSSR count). The summed E-state index contributed by atoms with van der Waals surface area (Å²) in [4.78, 5) is 11.6. The molecule has 2 heterocycles. The topological polar surface area (TPSA) is 62.8 Å². The Kier molecular flexibility index (Phi) is 2.96. The van der Waals surface area contributed by atoms with Gasteiger partial charge in [-0.1, -0.05) is 0 Å². The second-order valence-electron chi connectivity index (χ2n) is 5.38. The van der Waals surface area contributed by atoms with Crippen LogP contribution in [-0.4, -0.2) is 22.1 Å². The van der Waals surface area contributed by atoms with Gasteiger partial charge in [0.15, 0.2) is 11.6 Å². The molecule has 1 aliphatic carbocycles. The van der Waals surface area contributed by atoms with E-state index in [4.69, 9.17) is 4.74 Å². The molecule has 1 aromatic carbocycles. The van der Waals surface area contributed by atoms with Gasteiger partial charge < -0.3 is 15.0 Å². The summed E-state index contributed by atoms with van der Waals surface area (Å²) in [6.07, 6.45) is 5.11. The normalized spacial score (nSPS) is 16.7. The second-order valence-corrected chi connectivity index (χ2v) is 5.38. The third-order valence-corrected chi connectivity index (χ3v) is 4.16. The number of aryl methyl sites for hydroxylation is 1. The van der Waals surface area contributed by atoms with Gasteiger partial charge in [-0.05, 0) is 42.2 Å². The summed E-state index contributed by atoms with van der Waals surface area (Å²) in [6.45, 7) is 0. The van der Waals surface area contributed by atoms with E-state index >= 15 is 0 Å². The summed E-state index contributed by atoms with van der Waals surface area (Å²) in [6, 6.07) is 5.39. The molecule has 0 bridgehead atoms. The highest BCUT2D eigenvalue weighted by Crippen LogP contribution is 2.37. The Morgan fingerprint density at radius 3 is 3.14 bits per heavy atom. The van der Waals surface area contributed by atoms with Crippen LogP contribution < -0.4 is 10.1 Å². The lowest BCUT2D eigenvalue weighted by atomic mass is 10.1. The number of nitrogens with one attached hydrogen (secondary N) is 2. The molecular formula is C16H15FN4O. The first kappa shape index (κ1) is 13.1. The maximum absolute atomic E-state index is 13.8. The standard InChI is InChI=1S/C16H15FN4O/c1-22-14-7-11-9(6-12(14)17)2-3-13(11)21-16-10-4-5-18-15(10)19-8-20-16/h4-8,13H,2-3H2,1H3,(H2,18,19,20,21). The number of benzene rings is 1. The van der Waals surface area contributed by atoms with Crippen molar-refractivity contribution >= 4 is 16.9 Å². The number of nitrogens with zero attached hydrogens (tertiary/aromatic N) is 2. The van der Waals surface area contributed by atoms with Crippen molar-refractivity contribution in [2.24, 2.45) is 0 Å². The number of fused-ring (bicyclic) bond motifs is 2. The van der Waals surface area contributed by atoms with Crippen molar-refractivity contribution in [3.05, 3.63) is 47.7 Å². The van der Waals surface area contributed by atoms with Gasteiger partial charge in [0, 0.05) is 6.20 Å². The Labute approximate surface area is 126 Å². The minimum absolute atomic E-state index is 0.0949. The molecule has 1 atom stereocenters. The van der Waals surface area contributed by atoms with E-state index < -0.39 is 0 Å².